The van der Waals surface area contributed by atoms with Gasteiger partial charge in [-0.1, -0.05) is 12.1 Å². The van der Waals surface area contributed by atoms with E-state index < -0.39 is 0 Å². The number of nitrogens with zero attached hydrogens (tertiary/aromatic N) is 1. The summed E-state index contributed by atoms with van der Waals surface area (Å²) in [5.41, 5.74) is 1.21. The molecular formula is C11H15N3O. The first-order chi connectivity index (χ1) is 7.34. The zero-order chi connectivity index (χ0) is 10.5. The number of phenols is 1. The van der Waals surface area contributed by atoms with Crippen LogP contribution in [0.15, 0.2) is 29.3 Å². The summed E-state index contributed by atoms with van der Waals surface area (Å²) in [5, 5.41) is 15.5. The van der Waals surface area contributed by atoms with E-state index in [2.05, 4.69) is 15.6 Å². The fourth-order valence-corrected chi connectivity index (χ4v) is 1.50. The summed E-state index contributed by atoms with van der Waals surface area (Å²) in [5.74, 6) is 1.21. The summed E-state index contributed by atoms with van der Waals surface area (Å²) in [4.78, 5) is 4.24. The van der Waals surface area contributed by atoms with E-state index in [9.17, 15) is 0 Å². The van der Waals surface area contributed by atoms with Gasteiger partial charge in [-0.15, -0.1) is 0 Å². The average Bonchev–Trinajstić information content (AvgIpc) is 2.74. The van der Waals surface area contributed by atoms with Crippen LogP contribution in [-0.4, -0.2) is 30.7 Å². The van der Waals surface area contributed by atoms with E-state index in [0.29, 0.717) is 5.75 Å². The first-order valence-electron chi connectivity index (χ1n) is 5.15. The zero-order valence-corrected chi connectivity index (χ0v) is 8.53. The van der Waals surface area contributed by atoms with E-state index in [0.717, 1.165) is 32.0 Å². The molecular weight excluding hydrogens is 190 g/mol. The van der Waals surface area contributed by atoms with E-state index in [1.807, 2.05) is 12.1 Å². The van der Waals surface area contributed by atoms with Gasteiger partial charge in [0.2, 0.25) is 0 Å². The van der Waals surface area contributed by atoms with Gasteiger partial charge in [-0.05, 0) is 24.1 Å². The SMILES string of the molecule is Oc1ccc(CCNC2=NCCN2)cc1. The molecule has 0 fully saturated rings. The van der Waals surface area contributed by atoms with Crippen molar-refractivity contribution in [3.63, 3.8) is 0 Å². The van der Waals surface area contributed by atoms with Crippen LogP contribution in [0, 0.1) is 0 Å². The minimum absolute atomic E-state index is 0.313. The molecule has 0 unspecified atom stereocenters. The third-order valence-electron chi connectivity index (χ3n) is 2.32. The minimum atomic E-state index is 0.313. The Bertz CT molecular complexity index is 345. The van der Waals surface area contributed by atoms with E-state index in [1.54, 1.807) is 12.1 Å². The van der Waals surface area contributed by atoms with Crippen molar-refractivity contribution in [2.45, 2.75) is 6.42 Å². The highest BCUT2D eigenvalue weighted by Gasteiger charge is 2.02. The number of aromatic hydroxyl groups is 1. The van der Waals surface area contributed by atoms with Gasteiger partial charge in [-0.25, -0.2) is 0 Å². The van der Waals surface area contributed by atoms with Crippen molar-refractivity contribution in [1.29, 1.82) is 0 Å². The molecule has 4 heteroatoms. The zero-order valence-electron chi connectivity index (χ0n) is 8.53. The van der Waals surface area contributed by atoms with Crippen LogP contribution in [0.25, 0.3) is 0 Å². The Morgan fingerprint density at radius 3 is 2.80 bits per heavy atom. The van der Waals surface area contributed by atoms with E-state index in [4.69, 9.17) is 5.11 Å². The second kappa shape index (κ2) is 4.68. The molecule has 1 heterocycles. The van der Waals surface area contributed by atoms with Crippen LogP contribution < -0.4 is 10.6 Å². The first-order valence-corrected chi connectivity index (χ1v) is 5.15. The Morgan fingerprint density at radius 2 is 2.13 bits per heavy atom. The van der Waals surface area contributed by atoms with Crippen molar-refractivity contribution in [3.05, 3.63) is 29.8 Å². The summed E-state index contributed by atoms with van der Waals surface area (Å²) < 4.78 is 0. The Hall–Kier alpha value is -1.71. The van der Waals surface area contributed by atoms with E-state index >= 15 is 0 Å². The van der Waals surface area contributed by atoms with Crippen molar-refractivity contribution in [1.82, 2.24) is 10.6 Å². The lowest BCUT2D eigenvalue weighted by atomic mass is 10.1. The van der Waals surface area contributed by atoms with E-state index in [-0.39, 0.29) is 0 Å². The van der Waals surface area contributed by atoms with Gasteiger partial charge in [-0.3, -0.25) is 4.99 Å². The maximum absolute atomic E-state index is 9.11. The van der Waals surface area contributed by atoms with Crippen LogP contribution in [0.2, 0.25) is 0 Å². The molecule has 2 rings (SSSR count). The summed E-state index contributed by atoms with van der Waals surface area (Å²) >= 11 is 0. The lowest BCUT2D eigenvalue weighted by Gasteiger charge is -2.06. The van der Waals surface area contributed by atoms with Crippen molar-refractivity contribution >= 4 is 5.96 Å². The predicted octanol–water partition coefficient (Wildman–Crippen LogP) is 0.483. The van der Waals surface area contributed by atoms with Gasteiger partial charge >= 0.3 is 0 Å². The molecule has 4 nitrogen and oxygen atoms in total. The first kappa shape index (κ1) is 9.83. The Balaban J connectivity index is 1.75. The van der Waals surface area contributed by atoms with Crippen molar-refractivity contribution in [3.8, 4) is 5.75 Å². The molecule has 0 aliphatic carbocycles. The highest BCUT2D eigenvalue weighted by molar-refractivity contribution is 5.81. The molecule has 1 aromatic rings. The van der Waals surface area contributed by atoms with Crippen molar-refractivity contribution < 1.29 is 5.11 Å². The molecule has 1 aliphatic heterocycles. The minimum Gasteiger partial charge on any atom is -0.508 e. The van der Waals surface area contributed by atoms with E-state index in [1.165, 1.54) is 5.56 Å². The maximum Gasteiger partial charge on any atom is 0.191 e. The Labute approximate surface area is 89.0 Å². The molecule has 0 spiro atoms. The van der Waals surface area contributed by atoms with Crippen LogP contribution in [0.5, 0.6) is 5.75 Å². The molecule has 0 bridgehead atoms. The van der Waals surface area contributed by atoms with Gasteiger partial charge < -0.3 is 15.7 Å². The summed E-state index contributed by atoms with van der Waals surface area (Å²) in [6.45, 7) is 2.65. The normalized spacial score (nSPS) is 14.5. The number of benzene rings is 1. The maximum atomic E-state index is 9.11. The summed E-state index contributed by atoms with van der Waals surface area (Å²) in [6.07, 6.45) is 0.932. The highest BCUT2D eigenvalue weighted by Crippen LogP contribution is 2.09. The molecule has 15 heavy (non-hydrogen) atoms. The second-order valence-electron chi connectivity index (χ2n) is 3.50. The number of aliphatic imine (C=N–C) groups is 1. The molecule has 80 valence electrons. The van der Waals surface area contributed by atoms with Gasteiger partial charge in [0.05, 0.1) is 6.54 Å². The topological polar surface area (TPSA) is 56.6 Å². The largest absolute Gasteiger partial charge is 0.508 e. The molecule has 0 atom stereocenters. The predicted molar refractivity (Wildman–Crippen MR) is 60.1 cm³/mol. The van der Waals surface area contributed by atoms with Gasteiger partial charge in [0.1, 0.15) is 5.75 Å². The molecule has 3 N–H and O–H groups in total. The second-order valence-corrected chi connectivity index (χ2v) is 3.50. The van der Waals surface area contributed by atoms with Crippen LogP contribution in [0.1, 0.15) is 5.56 Å². The van der Waals surface area contributed by atoms with Crippen LogP contribution >= 0.6 is 0 Å². The van der Waals surface area contributed by atoms with Gasteiger partial charge in [-0.2, -0.15) is 0 Å². The monoisotopic (exact) mass is 205 g/mol. The number of hydrogen-bond donors (Lipinski definition) is 3. The molecule has 0 aromatic heterocycles. The molecule has 1 aliphatic rings. The van der Waals surface area contributed by atoms with Crippen LogP contribution in [0.4, 0.5) is 0 Å². The number of rotatable bonds is 3. The molecule has 0 radical (unpaired) electrons. The smallest absolute Gasteiger partial charge is 0.191 e. The quantitative estimate of drug-likeness (QED) is 0.673. The number of nitrogens with one attached hydrogen (secondary N) is 2. The van der Waals surface area contributed by atoms with Crippen molar-refractivity contribution in [2.24, 2.45) is 4.99 Å². The fraction of sp³-hybridized carbons (Fsp3) is 0.364. The standard InChI is InChI=1S/C11H15N3O/c15-10-3-1-9(2-4-10)5-6-12-11-13-7-8-14-11/h1-4,15H,5-8H2,(H2,12,13,14). The lowest BCUT2D eigenvalue weighted by molar-refractivity contribution is 0.475. The Kier molecular flexibility index (Phi) is 3.07. The van der Waals surface area contributed by atoms with Gasteiger partial charge in [0.15, 0.2) is 5.96 Å². The third-order valence-corrected chi connectivity index (χ3v) is 2.32. The third kappa shape index (κ3) is 2.87. The summed E-state index contributed by atoms with van der Waals surface area (Å²) in [6, 6.07) is 7.28. The average molecular weight is 205 g/mol. The van der Waals surface area contributed by atoms with Gasteiger partial charge in [0, 0.05) is 13.1 Å². The molecule has 0 amide bonds. The molecule has 0 saturated carbocycles. The molecule has 0 saturated heterocycles. The van der Waals surface area contributed by atoms with Crippen molar-refractivity contribution in [2.75, 3.05) is 19.6 Å². The number of phenolic OH excluding ortho intramolecular Hbond substituents is 1. The number of guanidine groups is 1. The Morgan fingerprint density at radius 1 is 1.33 bits per heavy atom. The van der Waals surface area contributed by atoms with Crippen LogP contribution in [0.3, 0.4) is 0 Å². The molecule has 1 aromatic carbocycles. The van der Waals surface area contributed by atoms with Crippen LogP contribution in [-0.2, 0) is 6.42 Å². The summed E-state index contributed by atoms with van der Waals surface area (Å²) in [7, 11) is 0. The fourth-order valence-electron chi connectivity index (χ4n) is 1.50. The lowest BCUT2D eigenvalue weighted by Crippen LogP contribution is -2.34. The number of hydrogen-bond acceptors (Lipinski definition) is 4. The van der Waals surface area contributed by atoms with Gasteiger partial charge in [0.25, 0.3) is 0 Å². The highest BCUT2D eigenvalue weighted by atomic mass is 16.3.